The summed E-state index contributed by atoms with van der Waals surface area (Å²) in [5.74, 6) is 0. The highest BCUT2D eigenvalue weighted by atomic mass is 32.1. The van der Waals surface area contributed by atoms with Crippen LogP contribution in [0.2, 0.25) is 0 Å². The molecule has 0 amide bonds. The Morgan fingerprint density at radius 3 is 2.88 bits per heavy atom. The summed E-state index contributed by atoms with van der Waals surface area (Å²) in [6, 6.07) is 7.01. The number of nitrogens with one attached hydrogen (secondary N) is 2. The molecular formula is C13H16N2S2. The molecule has 0 saturated heterocycles. The molecule has 1 aromatic carbocycles. The highest BCUT2D eigenvalue weighted by molar-refractivity contribution is 7.73. The van der Waals surface area contributed by atoms with Crippen LogP contribution in [0.4, 0.5) is 5.69 Å². The molecule has 0 atom stereocenters. The molecule has 1 aromatic heterocycles. The molecule has 2 nitrogen and oxygen atoms in total. The summed E-state index contributed by atoms with van der Waals surface area (Å²) >= 11 is 6.86. The molecule has 1 aliphatic rings. The zero-order chi connectivity index (χ0) is 11.7. The third-order valence-electron chi connectivity index (χ3n) is 3.42. The van der Waals surface area contributed by atoms with Crippen molar-refractivity contribution in [2.24, 2.45) is 0 Å². The van der Waals surface area contributed by atoms with Crippen molar-refractivity contribution in [1.29, 1.82) is 0 Å². The number of para-hydroxylation sites is 1. The second-order valence-corrected chi connectivity index (χ2v) is 6.39. The van der Waals surface area contributed by atoms with E-state index in [1.54, 1.807) is 11.3 Å². The second-order valence-electron chi connectivity index (χ2n) is 4.67. The van der Waals surface area contributed by atoms with Gasteiger partial charge in [0.2, 0.25) is 0 Å². The molecule has 0 spiro atoms. The number of aromatic nitrogens is 1. The Balaban J connectivity index is 1.91. The van der Waals surface area contributed by atoms with Crippen molar-refractivity contribution in [2.45, 2.75) is 38.1 Å². The highest BCUT2D eigenvalue weighted by Crippen LogP contribution is 2.29. The topological polar surface area (TPSA) is 27.8 Å². The van der Waals surface area contributed by atoms with Crippen LogP contribution in [0.3, 0.4) is 0 Å². The average Bonchev–Trinajstić information content (AvgIpc) is 2.72. The summed E-state index contributed by atoms with van der Waals surface area (Å²) < 4.78 is 2.11. The van der Waals surface area contributed by atoms with Gasteiger partial charge in [-0.15, -0.1) is 11.3 Å². The van der Waals surface area contributed by atoms with Gasteiger partial charge in [0.25, 0.3) is 0 Å². The molecule has 17 heavy (non-hydrogen) atoms. The van der Waals surface area contributed by atoms with Gasteiger partial charge in [0, 0.05) is 6.04 Å². The molecule has 0 aliphatic heterocycles. The van der Waals surface area contributed by atoms with Crippen LogP contribution >= 0.6 is 23.6 Å². The number of benzene rings is 1. The summed E-state index contributed by atoms with van der Waals surface area (Å²) in [6.45, 7) is 0. The molecule has 0 radical (unpaired) electrons. The Morgan fingerprint density at radius 1 is 1.24 bits per heavy atom. The van der Waals surface area contributed by atoms with Gasteiger partial charge in [-0.2, -0.15) is 0 Å². The van der Waals surface area contributed by atoms with E-state index < -0.39 is 0 Å². The second kappa shape index (κ2) is 4.78. The lowest BCUT2D eigenvalue weighted by Crippen LogP contribution is -2.22. The monoisotopic (exact) mass is 264 g/mol. The van der Waals surface area contributed by atoms with Gasteiger partial charge in [0.05, 0.1) is 15.9 Å². The molecule has 1 fully saturated rings. The van der Waals surface area contributed by atoms with E-state index >= 15 is 0 Å². The standard InChI is InChI=1S/C13H16N2S2/c16-13-15-12-10(7-4-8-11(12)17-13)14-9-5-2-1-3-6-9/h4,7-9,14H,1-3,5-6H2,(H,15,16). The number of anilines is 1. The lowest BCUT2D eigenvalue weighted by molar-refractivity contribution is 0.463. The lowest BCUT2D eigenvalue weighted by atomic mass is 9.95. The quantitative estimate of drug-likeness (QED) is 0.769. The summed E-state index contributed by atoms with van der Waals surface area (Å²) in [7, 11) is 0. The van der Waals surface area contributed by atoms with Crippen LogP contribution in [0.1, 0.15) is 32.1 Å². The third-order valence-corrected chi connectivity index (χ3v) is 4.62. The van der Waals surface area contributed by atoms with Crippen LogP contribution < -0.4 is 5.32 Å². The van der Waals surface area contributed by atoms with E-state index in [0.29, 0.717) is 6.04 Å². The number of rotatable bonds is 2. The molecule has 1 heterocycles. The minimum atomic E-state index is 0.635. The number of H-pyrrole nitrogens is 1. The zero-order valence-corrected chi connectivity index (χ0v) is 11.3. The minimum Gasteiger partial charge on any atom is -0.381 e. The van der Waals surface area contributed by atoms with Crippen molar-refractivity contribution < 1.29 is 0 Å². The third kappa shape index (κ3) is 2.38. The molecule has 1 saturated carbocycles. The van der Waals surface area contributed by atoms with Crippen LogP contribution in [0.5, 0.6) is 0 Å². The molecule has 0 bridgehead atoms. The zero-order valence-electron chi connectivity index (χ0n) is 9.66. The van der Waals surface area contributed by atoms with Gasteiger partial charge >= 0.3 is 0 Å². The predicted octanol–water partition coefficient (Wildman–Crippen LogP) is 4.70. The number of fused-ring (bicyclic) bond motifs is 1. The Bertz CT molecular complexity index is 564. The summed E-state index contributed by atoms with van der Waals surface area (Å²) in [6.07, 6.45) is 6.69. The normalized spacial score (nSPS) is 17.4. The average molecular weight is 264 g/mol. The maximum atomic E-state index is 5.21. The van der Waals surface area contributed by atoms with Gasteiger partial charge in [-0.05, 0) is 37.2 Å². The summed E-state index contributed by atoms with van der Waals surface area (Å²) in [4.78, 5) is 3.29. The highest BCUT2D eigenvalue weighted by Gasteiger charge is 2.14. The molecule has 2 aromatic rings. The van der Waals surface area contributed by atoms with Gasteiger partial charge in [-0.25, -0.2) is 0 Å². The molecule has 4 heteroatoms. The number of thiazole rings is 1. The lowest BCUT2D eigenvalue weighted by Gasteiger charge is -2.24. The molecule has 0 unspecified atom stereocenters. The fraction of sp³-hybridized carbons (Fsp3) is 0.462. The van der Waals surface area contributed by atoms with Gasteiger partial charge in [-0.3, -0.25) is 0 Å². The molecule has 90 valence electrons. The largest absolute Gasteiger partial charge is 0.381 e. The van der Waals surface area contributed by atoms with E-state index in [-0.39, 0.29) is 0 Å². The van der Waals surface area contributed by atoms with Crippen LogP contribution in [0, 0.1) is 3.95 Å². The first-order chi connectivity index (χ1) is 8.33. The van der Waals surface area contributed by atoms with Crippen molar-refractivity contribution in [2.75, 3.05) is 5.32 Å². The van der Waals surface area contributed by atoms with Crippen molar-refractivity contribution in [3.8, 4) is 0 Å². The smallest absolute Gasteiger partial charge is 0.159 e. The van der Waals surface area contributed by atoms with Crippen LogP contribution in [-0.4, -0.2) is 11.0 Å². The molecule has 3 rings (SSSR count). The SMILES string of the molecule is S=c1[nH]c2c(NC3CCCCC3)cccc2s1. The van der Waals surface area contributed by atoms with Crippen LogP contribution in [0.15, 0.2) is 18.2 Å². The van der Waals surface area contributed by atoms with E-state index in [1.807, 2.05) is 0 Å². The Kier molecular flexibility index (Phi) is 3.16. The van der Waals surface area contributed by atoms with E-state index in [1.165, 1.54) is 48.0 Å². The summed E-state index contributed by atoms with van der Waals surface area (Å²) in [5.41, 5.74) is 2.38. The van der Waals surface area contributed by atoms with E-state index in [2.05, 4.69) is 28.5 Å². The van der Waals surface area contributed by atoms with Crippen molar-refractivity contribution in [1.82, 2.24) is 4.98 Å². The maximum Gasteiger partial charge on any atom is 0.159 e. The number of aromatic amines is 1. The molecule has 2 N–H and O–H groups in total. The fourth-order valence-corrected chi connectivity index (χ4v) is 3.69. The molecular weight excluding hydrogens is 248 g/mol. The number of hydrogen-bond acceptors (Lipinski definition) is 3. The van der Waals surface area contributed by atoms with Gasteiger partial charge in [-0.1, -0.05) is 25.3 Å². The summed E-state index contributed by atoms with van der Waals surface area (Å²) in [5, 5.41) is 3.67. The van der Waals surface area contributed by atoms with E-state index in [0.717, 1.165) is 3.95 Å². The maximum absolute atomic E-state index is 5.21. The Morgan fingerprint density at radius 2 is 2.06 bits per heavy atom. The first-order valence-corrected chi connectivity index (χ1v) is 7.44. The minimum absolute atomic E-state index is 0.635. The first-order valence-electron chi connectivity index (χ1n) is 6.21. The Hall–Kier alpha value is -0.870. The number of hydrogen-bond donors (Lipinski definition) is 2. The van der Waals surface area contributed by atoms with E-state index in [4.69, 9.17) is 12.2 Å². The predicted molar refractivity (Wildman–Crippen MR) is 77.5 cm³/mol. The fourth-order valence-electron chi connectivity index (χ4n) is 2.56. The first kappa shape index (κ1) is 11.2. The van der Waals surface area contributed by atoms with Gasteiger partial charge in [0.15, 0.2) is 3.95 Å². The van der Waals surface area contributed by atoms with Crippen molar-refractivity contribution >= 4 is 39.5 Å². The van der Waals surface area contributed by atoms with Gasteiger partial charge in [0.1, 0.15) is 0 Å². The van der Waals surface area contributed by atoms with Crippen LogP contribution in [-0.2, 0) is 0 Å². The van der Waals surface area contributed by atoms with E-state index in [9.17, 15) is 0 Å². The van der Waals surface area contributed by atoms with Crippen LogP contribution in [0.25, 0.3) is 10.2 Å². The Labute approximate surface area is 110 Å². The van der Waals surface area contributed by atoms with Crippen molar-refractivity contribution in [3.63, 3.8) is 0 Å². The molecule has 1 aliphatic carbocycles. The van der Waals surface area contributed by atoms with Gasteiger partial charge < -0.3 is 10.3 Å². The van der Waals surface area contributed by atoms with Crippen molar-refractivity contribution in [3.05, 3.63) is 22.2 Å².